The maximum atomic E-state index is 13.1. The lowest BCUT2D eigenvalue weighted by Gasteiger charge is -2.27. The van der Waals surface area contributed by atoms with Crippen molar-refractivity contribution in [2.45, 2.75) is 50.1 Å². The smallest absolute Gasteiger partial charge is 0.407 e. The largest absolute Gasteiger partial charge is 0.480 e. The molecule has 2 aliphatic rings. The van der Waals surface area contributed by atoms with E-state index >= 15 is 0 Å². The summed E-state index contributed by atoms with van der Waals surface area (Å²) in [5, 5.41) is 20.9. The van der Waals surface area contributed by atoms with Crippen LogP contribution in [-0.4, -0.2) is 53.2 Å². The second-order valence-electron chi connectivity index (χ2n) is 8.60. The Kier molecular flexibility index (Phi) is 7.12. The molecular weight excluding hydrogens is 434 g/mol. The van der Waals surface area contributed by atoms with Gasteiger partial charge in [0.05, 0.1) is 6.07 Å². The van der Waals surface area contributed by atoms with Crippen molar-refractivity contribution >= 4 is 18.0 Å². The quantitative estimate of drug-likeness (QED) is 0.579. The van der Waals surface area contributed by atoms with E-state index in [4.69, 9.17) is 10.00 Å². The number of aliphatic carboxylic acids is 1. The molecule has 1 saturated heterocycles. The minimum absolute atomic E-state index is 0.110. The van der Waals surface area contributed by atoms with Crippen LogP contribution >= 0.6 is 0 Å². The lowest BCUT2D eigenvalue weighted by atomic mass is 9.98. The fraction of sp³-hybridized carbons (Fsp3) is 0.385. The number of carboxylic acids is 1. The van der Waals surface area contributed by atoms with Gasteiger partial charge in [-0.2, -0.15) is 5.26 Å². The summed E-state index contributed by atoms with van der Waals surface area (Å²) < 4.78 is 5.56. The molecule has 2 aromatic rings. The highest BCUT2D eigenvalue weighted by Crippen LogP contribution is 2.44. The van der Waals surface area contributed by atoms with Crippen LogP contribution < -0.4 is 5.32 Å². The number of unbranched alkanes of at least 4 members (excludes halogenated alkanes) is 1. The summed E-state index contributed by atoms with van der Waals surface area (Å²) in [6.07, 6.45) is 1.12. The zero-order valence-corrected chi connectivity index (χ0v) is 18.8. The maximum Gasteiger partial charge on any atom is 0.407 e. The van der Waals surface area contributed by atoms with E-state index in [1.165, 1.54) is 4.90 Å². The Morgan fingerprint density at radius 3 is 2.38 bits per heavy atom. The summed E-state index contributed by atoms with van der Waals surface area (Å²) in [7, 11) is 0. The van der Waals surface area contributed by atoms with Crippen LogP contribution in [0.4, 0.5) is 4.79 Å². The van der Waals surface area contributed by atoms with Crippen LogP contribution in [0.15, 0.2) is 48.5 Å². The Bertz CT molecular complexity index is 1080. The average Bonchev–Trinajstić information content (AvgIpc) is 3.45. The number of hydrogen-bond donors (Lipinski definition) is 2. The van der Waals surface area contributed by atoms with Crippen molar-refractivity contribution in [3.8, 4) is 17.2 Å². The minimum atomic E-state index is -1.05. The third kappa shape index (κ3) is 4.74. The van der Waals surface area contributed by atoms with Crippen LogP contribution in [0, 0.1) is 11.3 Å². The summed E-state index contributed by atoms with van der Waals surface area (Å²) in [6.45, 7) is 0.442. The number of nitrogens with one attached hydrogen (secondary N) is 1. The molecule has 4 rings (SSSR count). The van der Waals surface area contributed by atoms with Gasteiger partial charge in [0, 0.05) is 18.9 Å². The predicted octanol–water partition coefficient (Wildman–Crippen LogP) is 3.66. The minimum Gasteiger partial charge on any atom is -0.480 e. The van der Waals surface area contributed by atoms with E-state index in [1.54, 1.807) is 0 Å². The highest BCUT2D eigenvalue weighted by molar-refractivity contribution is 5.89. The SMILES string of the molecule is N#CCCCC(NC(=O)OCC1c2ccccc2-c2ccccc21)C(=O)N1CCCC1C(=O)O. The molecule has 8 heteroatoms. The van der Waals surface area contributed by atoms with Gasteiger partial charge in [0.1, 0.15) is 18.7 Å². The van der Waals surface area contributed by atoms with Crippen molar-refractivity contribution in [3.05, 3.63) is 59.7 Å². The fourth-order valence-corrected chi connectivity index (χ4v) is 4.91. The van der Waals surface area contributed by atoms with Crippen LogP contribution in [0.3, 0.4) is 0 Å². The normalized spacial score (nSPS) is 17.4. The summed E-state index contributed by atoms with van der Waals surface area (Å²) in [5.41, 5.74) is 4.40. The number of alkyl carbamates (subject to hydrolysis) is 1. The highest BCUT2D eigenvalue weighted by atomic mass is 16.5. The number of carbonyl (C=O) groups excluding carboxylic acids is 2. The Morgan fingerprint density at radius 1 is 1.12 bits per heavy atom. The topological polar surface area (TPSA) is 120 Å². The summed E-state index contributed by atoms with van der Waals surface area (Å²) in [4.78, 5) is 38.6. The van der Waals surface area contributed by atoms with Crippen LogP contribution in [-0.2, 0) is 14.3 Å². The lowest BCUT2D eigenvalue weighted by molar-refractivity contribution is -0.149. The van der Waals surface area contributed by atoms with E-state index in [0.717, 1.165) is 22.3 Å². The molecule has 2 atom stereocenters. The number of carbonyl (C=O) groups is 3. The van der Waals surface area contributed by atoms with Gasteiger partial charge in [0.2, 0.25) is 5.91 Å². The number of likely N-dealkylation sites (tertiary alicyclic amines) is 1. The average molecular weight is 462 g/mol. The molecule has 0 bridgehead atoms. The van der Waals surface area contributed by atoms with Crippen molar-refractivity contribution in [1.82, 2.24) is 10.2 Å². The Labute approximate surface area is 198 Å². The maximum absolute atomic E-state index is 13.1. The Balaban J connectivity index is 1.44. The summed E-state index contributed by atoms with van der Waals surface area (Å²) in [6, 6.07) is 16.2. The number of hydrogen-bond acceptors (Lipinski definition) is 5. The van der Waals surface area contributed by atoms with Gasteiger partial charge in [-0.05, 0) is 47.9 Å². The standard InChI is InChI=1S/C26H27N3O5/c27-14-6-5-12-22(24(30)29-15-7-13-23(29)25(31)32)28-26(33)34-16-21-19-10-3-1-8-17(19)18-9-2-4-11-20(18)21/h1-4,8-11,21-23H,5-7,12-13,15-16H2,(H,28,33)(H,31,32). The third-order valence-electron chi connectivity index (χ3n) is 6.54. The third-order valence-corrected chi connectivity index (χ3v) is 6.54. The summed E-state index contributed by atoms with van der Waals surface area (Å²) in [5.74, 6) is -1.61. The number of fused-ring (bicyclic) bond motifs is 3. The number of amides is 2. The first-order valence-corrected chi connectivity index (χ1v) is 11.5. The van der Waals surface area contributed by atoms with Crippen molar-refractivity contribution in [3.63, 3.8) is 0 Å². The number of ether oxygens (including phenoxy) is 1. The predicted molar refractivity (Wildman–Crippen MR) is 124 cm³/mol. The zero-order valence-electron chi connectivity index (χ0n) is 18.8. The Hall–Kier alpha value is -3.86. The van der Waals surface area contributed by atoms with Crippen LogP contribution in [0.1, 0.15) is 49.1 Å². The molecule has 0 spiro atoms. The van der Waals surface area contributed by atoms with E-state index < -0.39 is 30.1 Å². The molecule has 0 radical (unpaired) electrons. The molecular formula is C26H27N3O5. The molecule has 34 heavy (non-hydrogen) atoms. The number of nitrogens with zero attached hydrogens (tertiary/aromatic N) is 2. The second-order valence-corrected chi connectivity index (χ2v) is 8.60. The van der Waals surface area contributed by atoms with E-state index in [1.807, 2.05) is 54.6 Å². The number of benzene rings is 2. The molecule has 176 valence electrons. The van der Waals surface area contributed by atoms with Crippen molar-refractivity contribution in [2.24, 2.45) is 0 Å². The lowest BCUT2D eigenvalue weighted by Crippen LogP contribution is -2.51. The van der Waals surface area contributed by atoms with Gasteiger partial charge in [-0.15, -0.1) is 0 Å². The summed E-state index contributed by atoms with van der Waals surface area (Å²) >= 11 is 0. The van der Waals surface area contributed by atoms with Crippen LogP contribution in [0.25, 0.3) is 11.1 Å². The van der Waals surface area contributed by atoms with E-state index in [-0.39, 0.29) is 25.4 Å². The van der Waals surface area contributed by atoms with E-state index in [0.29, 0.717) is 25.8 Å². The zero-order chi connectivity index (χ0) is 24.1. The van der Waals surface area contributed by atoms with Gasteiger partial charge in [-0.25, -0.2) is 9.59 Å². The molecule has 2 unspecified atom stereocenters. The van der Waals surface area contributed by atoms with Gasteiger partial charge in [-0.1, -0.05) is 48.5 Å². The fourth-order valence-electron chi connectivity index (χ4n) is 4.91. The number of nitriles is 1. The molecule has 2 amide bonds. The first-order chi connectivity index (χ1) is 16.5. The first-order valence-electron chi connectivity index (χ1n) is 11.5. The van der Waals surface area contributed by atoms with Crippen molar-refractivity contribution in [2.75, 3.05) is 13.2 Å². The highest BCUT2D eigenvalue weighted by Gasteiger charge is 2.38. The molecule has 0 saturated carbocycles. The van der Waals surface area contributed by atoms with Gasteiger partial charge in [0.15, 0.2) is 0 Å². The van der Waals surface area contributed by atoms with Crippen molar-refractivity contribution in [1.29, 1.82) is 5.26 Å². The van der Waals surface area contributed by atoms with E-state index in [2.05, 4.69) is 5.32 Å². The monoisotopic (exact) mass is 461 g/mol. The molecule has 1 aliphatic carbocycles. The molecule has 1 heterocycles. The molecule has 1 fully saturated rings. The van der Waals surface area contributed by atoms with E-state index in [9.17, 15) is 19.5 Å². The second kappa shape index (κ2) is 10.4. The van der Waals surface area contributed by atoms with Gasteiger partial charge in [-0.3, -0.25) is 4.79 Å². The van der Waals surface area contributed by atoms with Gasteiger partial charge in [0.25, 0.3) is 0 Å². The van der Waals surface area contributed by atoms with Gasteiger partial charge >= 0.3 is 12.1 Å². The number of rotatable bonds is 8. The molecule has 0 aromatic heterocycles. The van der Waals surface area contributed by atoms with Crippen molar-refractivity contribution < 1.29 is 24.2 Å². The van der Waals surface area contributed by atoms with Gasteiger partial charge < -0.3 is 20.1 Å². The van der Waals surface area contributed by atoms with Crippen LogP contribution in [0.2, 0.25) is 0 Å². The molecule has 2 aromatic carbocycles. The molecule has 2 N–H and O–H groups in total. The van der Waals surface area contributed by atoms with Crippen LogP contribution in [0.5, 0.6) is 0 Å². The Morgan fingerprint density at radius 2 is 1.76 bits per heavy atom. The molecule has 1 aliphatic heterocycles. The first kappa shape index (κ1) is 23.3. The molecule has 8 nitrogen and oxygen atoms in total. The number of carboxylic acid groups (broad SMARTS) is 1.